The van der Waals surface area contributed by atoms with Crippen LogP contribution in [0.3, 0.4) is 0 Å². The van der Waals surface area contributed by atoms with Gasteiger partial charge in [-0.05, 0) is 79.6 Å². The van der Waals surface area contributed by atoms with Crippen LogP contribution < -0.4 is 5.32 Å². The molecule has 0 saturated heterocycles. The zero-order chi connectivity index (χ0) is 14.4. The lowest BCUT2D eigenvalue weighted by atomic mass is 9.49. The Balaban J connectivity index is 1.44. The van der Waals surface area contributed by atoms with Gasteiger partial charge in [0.25, 0.3) is 5.91 Å². The van der Waals surface area contributed by atoms with E-state index in [0.29, 0.717) is 10.3 Å². The van der Waals surface area contributed by atoms with Gasteiger partial charge < -0.3 is 5.32 Å². The molecule has 4 saturated carbocycles. The lowest BCUT2D eigenvalue weighted by Crippen LogP contribution is -2.51. The van der Waals surface area contributed by atoms with Crippen LogP contribution in [0.15, 0.2) is 0 Å². The van der Waals surface area contributed by atoms with Crippen molar-refractivity contribution < 1.29 is 4.79 Å². The third kappa shape index (κ3) is 2.39. The molecule has 0 aliphatic heterocycles. The molecule has 1 N–H and O–H groups in total. The number of carbonyl (C=O) groups is 1. The predicted molar refractivity (Wildman–Crippen MR) is 82.2 cm³/mol. The molecule has 4 fully saturated rings. The van der Waals surface area contributed by atoms with Crippen molar-refractivity contribution in [1.29, 1.82) is 0 Å². The Morgan fingerprint density at radius 2 is 1.86 bits per heavy atom. The maximum atomic E-state index is 12.4. The van der Waals surface area contributed by atoms with Crippen molar-refractivity contribution in [3.8, 4) is 0 Å². The van der Waals surface area contributed by atoms with E-state index in [1.165, 1.54) is 50.1 Å². The second kappa shape index (κ2) is 5.04. The molecule has 5 heteroatoms. The molecule has 1 amide bonds. The Labute approximate surface area is 129 Å². The van der Waals surface area contributed by atoms with Crippen LogP contribution >= 0.6 is 11.5 Å². The topological polar surface area (TPSA) is 54.9 Å². The van der Waals surface area contributed by atoms with E-state index in [9.17, 15) is 4.79 Å². The minimum atomic E-state index is 0.0394. The van der Waals surface area contributed by atoms with Crippen LogP contribution in [-0.4, -0.2) is 22.0 Å². The van der Waals surface area contributed by atoms with Crippen molar-refractivity contribution in [3.63, 3.8) is 0 Å². The minimum absolute atomic E-state index is 0.0394. The Bertz CT molecular complexity index is 518. The Kier molecular flexibility index (Phi) is 3.28. The minimum Gasteiger partial charge on any atom is -0.351 e. The van der Waals surface area contributed by atoms with Gasteiger partial charge in [-0.15, -0.1) is 5.10 Å². The summed E-state index contributed by atoms with van der Waals surface area (Å²) in [6, 6.07) is 0. The fourth-order valence-corrected chi connectivity index (χ4v) is 6.13. The van der Waals surface area contributed by atoms with Crippen LogP contribution in [0.1, 0.15) is 60.8 Å². The molecule has 1 aromatic heterocycles. The maximum Gasteiger partial charge on any atom is 0.264 e. The van der Waals surface area contributed by atoms with E-state index >= 15 is 0 Å². The summed E-state index contributed by atoms with van der Waals surface area (Å²) in [5.41, 5.74) is 1.23. The zero-order valence-electron chi connectivity index (χ0n) is 12.6. The lowest BCUT2D eigenvalue weighted by molar-refractivity contribution is -0.0503. The van der Waals surface area contributed by atoms with Gasteiger partial charge in [0, 0.05) is 6.54 Å². The van der Waals surface area contributed by atoms with Gasteiger partial charge in [-0.3, -0.25) is 4.79 Å². The van der Waals surface area contributed by atoms with Gasteiger partial charge >= 0.3 is 0 Å². The molecule has 114 valence electrons. The highest BCUT2D eigenvalue weighted by atomic mass is 32.1. The molecule has 1 aromatic rings. The van der Waals surface area contributed by atoms with Crippen molar-refractivity contribution in [1.82, 2.24) is 14.9 Å². The molecule has 4 bridgehead atoms. The number of carbonyl (C=O) groups excluding carboxylic acids is 1. The summed E-state index contributed by atoms with van der Waals surface area (Å²) in [4.78, 5) is 13.1. The maximum absolute atomic E-state index is 12.4. The fourth-order valence-electron chi connectivity index (χ4n) is 5.47. The van der Waals surface area contributed by atoms with Crippen molar-refractivity contribution >= 4 is 17.4 Å². The summed E-state index contributed by atoms with van der Waals surface area (Å²) in [5.74, 6) is 2.84. The molecule has 4 aliphatic carbocycles. The molecule has 0 atom stereocenters. The highest BCUT2D eigenvalue weighted by molar-refractivity contribution is 7.08. The van der Waals surface area contributed by atoms with Crippen LogP contribution in [0, 0.1) is 23.2 Å². The van der Waals surface area contributed by atoms with Crippen molar-refractivity contribution in [2.75, 3.05) is 6.54 Å². The molecule has 0 aromatic carbocycles. The average Bonchev–Trinajstić information content (AvgIpc) is 2.92. The molecule has 0 radical (unpaired) electrons. The Hall–Kier alpha value is -0.970. The molecule has 1 heterocycles. The van der Waals surface area contributed by atoms with Crippen LogP contribution in [0.2, 0.25) is 0 Å². The molecule has 0 spiro atoms. The third-order valence-corrected chi connectivity index (χ3v) is 6.65. The molecule has 21 heavy (non-hydrogen) atoms. The van der Waals surface area contributed by atoms with Crippen molar-refractivity contribution in [3.05, 3.63) is 10.6 Å². The smallest absolute Gasteiger partial charge is 0.264 e. The van der Waals surface area contributed by atoms with Crippen LogP contribution in [0.25, 0.3) is 0 Å². The molecule has 0 unspecified atom stereocenters. The van der Waals surface area contributed by atoms with Gasteiger partial charge in [-0.25, -0.2) is 0 Å². The summed E-state index contributed by atoms with van der Waals surface area (Å²) in [6.07, 6.45) is 9.13. The van der Waals surface area contributed by atoms with E-state index in [0.717, 1.165) is 36.4 Å². The highest BCUT2D eigenvalue weighted by Crippen LogP contribution is 2.59. The number of hydrogen-bond donors (Lipinski definition) is 1. The summed E-state index contributed by atoms with van der Waals surface area (Å²) >= 11 is 1.23. The number of aromatic nitrogens is 2. The highest BCUT2D eigenvalue weighted by Gasteiger charge is 2.50. The summed E-state index contributed by atoms with van der Waals surface area (Å²) in [5, 5.41) is 7.25. The first kappa shape index (κ1) is 13.7. The van der Waals surface area contributed by atoms with Gasteiger partial charge in [0.2, 0.25) is 0 Å². The second-order valence-corrected chi connectivity index (χ2v) is 8.26. The van der Waals surface area contributed by atoms with Crippen molar-refractivity contribution in [2.45, 2.75) is 51.9 Å². The first-order valence-corrected chi connectivity index (χ1v) is 9.04. The molecule has 4 nitrogen and oxygen atoms in total. The van der Waals surface area contributed by atoms with Gasteiger partial charge in [0.05, 0.1) is 5.69 Å². The number of aryl methyl sites for hydroxylation is 1. The first-order chi connectivity index (χ1) is 10.2. The van der Waals surface area contributed by atoms with Crippen LogP contribution in [0.4, 0.5) is 0 Å². The molecule has 4 aliphatic rings. The van der Waals surface area contributed by atoms with Gasteiger partial charge in [0.15, 0.2) is 0 Å². The normalized spacial score (nSPS) is 36.9. The van der Waals surface area contributed by atoms with E-state index in [1.54, 1.807) is 0 Å². The quantitative estimate of drug-likeness (QED) is 0.930. The first-order valence-electron chi connectivity index (χ1n) is 8.27. The van der Waals surface area contributed by atoms with Crippen LogP contribution in [0.5, 0.6) is 0 Å². The SMILES string of the molecule is CCc1nnsc1C(=O)NCC12CC3CC(CC(C3)C1)C2. The van der Waals surface area contributed by atoms with Crippen molar-refractivity contribution in [2.24, 2.45) is 23.2 Å². The van der Waals surface area contributed by atoms with E-state index in [2.05, 4.69) is 14.9 Å². The average molecular weight is 305 g/mol. The number of nitrogens with zero attached hydrogens (tertiary/aromatic N) is 2. The van der Waals surface area contributed by atoms with Gasteiger partial charge in [0.1, 0.15) is 4.88 Å². The van der Waals surface area contributed by atoms with Gasteiger partial charge in [-0.1, -0.05) is 11.4 Å². The van der Waals surface area contributed by atoms with Gasteiger partial charge in [-0.2, -0.15) is 0 Å². The molecular weight excluding hydrogens is 282 g/mol. The van der Waals surface area contributed by atoms with E-state index in [-0.39, 0.29) is 5.91 Å². The van der Waals surface area contributed by atoms with E-state index < -0.39 is 0 Å². The van der Waals surface area contributed by atoms with Crippen LogP contribution in [-0.2, 0) is 6.42 Å². The number of hydrogen-bond acceptors (Lipinski definition) is 4. The Morgan fingerprint density at radius 3 is 2.43 bits per heavy atom. The number of amides is 1. The van der Waals surface area contributed by atoms with E-state index in [4.69, 9.17) is 0 Å². The van der Waals surface area contributed by atoms with E-state index in [1.807, 2.05) is 6.92 Å². The predicted octanol–water partition coefficient (Wildman–Crippen LogP) is 3.05. The monoisotopic (exact) mass is 305 g/mol. The summed E-state index contributed by atoms with van der Waals surface area (Å²) in [6.45, 7) is 2.88. The second-order valence-electron chi connectivity index (χ2n) is 7.50. The largest absolute Gasteiger partial charge is 0.351 e. The number of rotatable bonds is 4. The molecular formula is C16H23N3OS. The Morgan fingerprint density at radius 1 is 1.24 bits per heavy atom. The summed E-state index contributed by atoms with van der Waals surface area (Å²) in [7, 11) is 0. The number of nitrogens with one attached hydrogen (secondary N) is 1. The third-order valence-electron chi connectivity index (χ3n) is 5.89. The molecule has 5 rings (SSSR count). The lowest BCUT2D eigenvalue weighted by Gasteiger charge is -2.56. The fraction of sp³-hybridized carbons (Fsp3) is 0.812. The standard InChI is InChI=1S/C16H23N3OS/c1-2-13-14(21-19-18-13)15(20)17-9-16-6-10-3-11(7-16)5-12(4-10)8-16/h10-12H,2-9H2,1H3,(H,17,20). The summed E-state index contributed by atoms with van der Waals surface area (Å²) < 4.78 is 3.92. The zero-order valence-corrected chi connectivity index (χ0v) is 13.4.